The number of benzene rings is 3. The molecule has 1 heterocycles. The Kier molecular flexibility index (Phi) is 8.41. The first-order valence-corrected chi connectivity index (χ1v) is 17.0. The van der Waals surface area contributed by atoms with Crippen LogP contribution in [-0.2, 0) is 37.2 Å². The first-order valence-electron chi connectivity index (χ1n) is 14.7. The lowest BCUT2D eigenvalue weighted by Crippen LogP contribution is -2.53. The third kappa shape index (κ3) is 5.37. The fraction of sp³-hybridized carbons (Fsp3) is 0.394. The number of hydrogen-bond donors (Lipinski definition) is 1. The molecule has 0 radical (unpaired) electrons. The molecule has 1 aliphatic heterocycles. The molecule has 1 saturated heterocycles. The number of carboxylic acids is 1. The predicted octanol–water partition coefficient (Wildman–Crippen LogP) is 6.82. The van der Waals surface area contributed by atoms with E-state index in [1.54, 1.807) is 35.2 Å². The highest BCUT2D eigenvalue weighted by atomic mass is 35.5. The summed E-state index contributed by atoms with van der Waals surface area (Å²) in [5.74, 6) is -1.74. The van der Waals surface area contributed by atoms with Crippen LogP contribution in [0.3, 0.4) is 0 Å². The van der Waals surface area contributed by atoms with Gasteiger partial charge in [0.15, 0.2) is 9.84 Å². The molecule has 1 N–H and O–H groups in total. The lowest BCUT2D eigenvalue weighted by atomic mass is 9.77. The second kappa shape index (κ2) is 12.0. The summed E-state index contributed by atoms with van der Waals surface area (Å²) in [7, 11) is -4.10. The summed E-state index contributed by atoms with van der Waals surface area (Å²) in [4.78, 5) is 27.1. The Morgan fingerprint density at radius 2 is 1.66 bits per heavy atom. The van der Waals surface area contributed by atoms with Crippen LogP contribution in [-0.4, -0.2) is 42.9 Å². The summed E-state index contributed by atoms with van der Waals surface area (Å²) >= 11 is 12.4. The van der Waals surface area contributed by atoms with Crippen molar-refractivity contribution in [2.75, 3.05) is 6.54 Å². The molecule has 0 spiro atoms. The maximum atomic E-state index is 14.6. The standard InChI is InChI=1S/C33H32Cl2FNO6S/c34-24-6-13-29(35)23(17-24)19-43-26-9-12-28-22(18-26)5-14-30-33(28,44(41,42)27-10-7-25(36)8-11-27)15-16-37(30)31(38)20-1-3-21(4-2-20)32(39)40/h6-13,17-18,20-21,30H,1-5,14-16,19H2,(H,39,40)/t20-,21-,30-,33-/m1/s1. The molecule has 6 rings (SSSR count). The van der Waals surface area contributed by atoms with Gasteiger partial charge in [0.25, 0.3) is 0 Å². The van der Waals surface area contributed by atoms with Gasteiger partial charge in [-0.15, -0.1) is 0 Å². The molecule has 2 aliphatic carbocycles. The van der Waals surface area contributed by atoms with Crippen molar-refractivity contribution in [3.05, 3.63) is 93.2 Å². The number of likely N-dealkylation sites (tertiary alicyclic amines) is 1. The molecule has 0 aromatic heterocycles. The molecule has 1 saturated carbocycles. The van der Waals surface area contributed by atoms with Gasteiger partial charge in [-0.3, -0.25) is 9.59 Å². The molecule has 2 fully saturated rings. The smallest absolute Gasteiger partial charge is 0.306 e. The highest BCUT2D eigenvalue weighted by molar-refractivity contribution is 7.92. The number of carbonyl (C=O) groups is 2. The number of fused-ring (bicyclic) bond motifs is 3. The zero-order valence-electron chi connectivity index (χ0n) is 23.8. The lowest BCUT2D eigenvalue weighted by Gasteiger charge is -2.43. The summed E-state index contributed by atoms with van der Waals surface area (Å²) in [6.45, 7) is 0.431. The van der Waals surface area contributed by atoms with E-state index in [1.807, 2.05) is 6.07 Å². The second-order valence-corrected chi connectivity index (χ2v) is 15.0. The van der Waals surface area contributed by atoms with E-state index in [0.29, 0.717) is 59.9 Å². The molecule has 11 heteroatoms. The summed E-state index contributed by atoms with van der Waals surface area (Å²) in [6, 6.07) is 14.7. The Bertz CT molecular complexity index is 1710. The van der Waals surface area contributed by atoms with Crippen molar-refractivity contribution in [3.63, 3.8) is 0 Å². The fourth-order valence-electron chi connectivity index (χ4n) is 7.32. The molecule has 0 bridgehead atoms. The summed E-state index contributed by atoms with van der Waals surface area (Å²) < 4.78 is 47.7. The molecule has 3 aliphatic rings. The van der Waals surface area contributed by atoms with Crippen LogP contribution in [0.15, 0.2) is 65.6 Å². The molecular weight excluding hydrogens is 628 g/mol. The Morgan fingerprint density at radius 1 is 0.955 bits per heavy atom. The molecule has 3 aromatic rings. The molecule has 2 atom stereocenters. The number of aliphatic carboxylic acids is 1. The van der Waals surface area contributed by atoms with E-state index in [9.17, 15) is 27.5 Å². The van der Waals surface area contributed by atoms with E-state index in [1.165, 1.54) is 12.1 Å². The number of nitrogens with zero attached hydrogens (tertiary/aromatic N) is 1. The Labute approximate surface area is 265 Å². The molecule has 3 aromatic carbocycles. The highest BCUT2D eigenvalue weighted by Gasteiger charge is 2.61. The summed E-state index contributed by atoms with van der Waals surface area (Å²) in [6.07, 6.45) is 2.93. The second-order valence-electron chi connectivity index (χ2n) is 11.9. The van der Waals surface area contributed by atoms with Crippen molar-refractivity contribution in [2.24, 2.45) is 11.8 Å². The van der Waals surface area contributed by atoms with Gasteiger partial charge in [0.1, 0.15) is 22.9 Å². The minimum absolute atomic E-state index is 0.00365. The maximum absolute atomic E-state index is 14.6. The molecule has 0 unspecified atom stereocenters. The minimum Gasteiger partial charge on any atom is -0.489 e. The van der Waals surface area contributed by atoms with Crippen LogP contribution in [0.2, 0.25) is 10.0 Å². The quantitative estimate of drug-likeness (QED) is 0.279. The van der Waals surface area contributed by atoms with Gasteiger partial charge < -0.3 is 14.7 Å². The highest BCUT2D eigenvalue weighted by Crippen LogP contribution is 2.53. The average molecular weight is 661 g/mol. The van der Waals surface area contributed by atoms with Gasteiger partial charge in [0.05, 0.1) is 16.9 Å². The van der Waals surface area contributed by atoms with Crippen molar-refractivity contribution >= 4 is 44.9 Å². The van der Waals surface area contributed by atoms with Gasteiger partial charge in [0, 0.05) is 28.1 Å². The van der Waals surface area contributed by atoms with Gasteiger partial charge in [-0.25, -0.2) is 12.8 Å². The van der Waals surface area contributed by atoms with Gasteiger partial charge in [0.2, 0.25) is 5.91 Å². The number of hydrogen-bond acceptors (Lipinski definition) is 5. The number of sulfone groups is 1. The zero-order chi connectivity index (χ0) is 31.2. The number of carboxylic acid groups (broad SMARTS) is 1. The molecule has 232 valence electrons. The van der Waals surface area contributed by atoms with E-state index in [0.717, 1.165) is 23.3 Å². The van der Waals surface area contributed by atoms with E-state index in [-0.39, 0.29) is 36.3 Å². The molecule has 7 nitrogen and oxygen atoms in total. The molecule has 44 heavy (non-hydrogen) atoms. The van der Waals surface area contributed by atoms with Crippen LogP contribution in [0, 0.1) is 17.7 Å². The number of aryl methyl sites for hydroxylation is 1. The first kappa shape index (κ1) is 30.9. The van der Waals surface area contributed by atoms with Crippen molar-refractivity contribution in [3.8, 4) is 5.75 Å². The van der Waals surface area contributed by atoms with E-state index in [2.05, 4.69) is 0 Å². The number of halogens is 3. The van der Waals surface area contributed by atoms with Crippen LogP contribution >= 0.6 is 23.2 Å². The van der Waals surface area contributed by atoms with Crippen molar-refractivity contribution in [1.82, 2.24) is 4.90 Å². The van der Waals surface area contributed by atoms with Crippen molar-refractivity contribution in [2.45, 2.75) is 67.2 Å². The third-order valence-electron chi connectivity index (χ3n) is 9.57. The van der Waals surface area contributed by atoms with Gasteiger partial charge in [-0.05, 0) is 111 Å². The summed E-state index contributed by atoms with van der Waals surface area (Å²) in [5, 5.41) is 10.5. The largest absolute Gasteiger partial charge is 0.489 e. The monoisotopic (exact) mass is 659 g/mol. The topological polar surface area (TPSA) is 101 Å². The van der Waals surface area contributed by atoms with Gasteiger partial charge in [-0.2, -0.15) is 0 Å². The minimum atomic E-state index is -4.10. The Hall–Kier alpha value is -3.14. The number of ether oxygens (including phenoxy) is 1. The van der Waals surface area contributed by atoms with Crippen LogP contribution < -0.4 is 4.74 Å². The van der Waals surface area contributed by atoms with Crippen LogP contribution in [0.5, 0.6) is 5.75 Å². The number of rotatable bonds is 7. The molecule has 1 amide bonds. The predicted molar refractivity (Wildman–Crippen MR) is 164 cm³/mol. The van der Waals surface area contributed by atoms with Gasteiger partial charge >= 0.3 is 5.97 Å². The zero-order valence-corrected chi connectivity index (χ0v) is 26.2. The van der Waals surface area contributed by atoms with Crippen LogP contribution in [0.25, 0.3) is 0 Å². The third-order valence-corrected chi connectivity index (χ3v) is 12.7. The fourth-order valence-corrected chi connectivity index (χ4v) is 10.1. The first-order chi connectivity index (χ1) is 21.0. The van der Waals surface area contributed by atoms with Crippen LogP contribution in [0.4, 0.5) is 4.39 Å². The van der Waals surface area contributed by atoms with E-state index < -0.39 is 38.3 Å². The maximum Gasteiger partial charge on any atom is 0.306 e. The normalized spacial score (nSPS) is 24.8. The average Bonchev–Trinajstić information content (AvgIpc) is 3.43. The Morgan fingerprint density at radius 3 is 2.36 bits per heavy atom. The van der Waals surface area contributed by atoms with Crippen molar-refractivity contribution in [1.29, 1.82) is 0 Å². The number of carbonyl (C=O) groups excluding carboxylic acids is 1. The van der Waals surface area contributed by atoms with E-state index >= 15 is 0 Å². The SMILES string of the molecule is O=C(O)[C@H]1CC[C@H](C(=O)N2CC[C@@]3(S(=O)(=O)c4ccc(F)cc4)c4ccc(OCc5cc(Cl)ccc5Cl)cc4CC[C@@H]23)CC1. The van der Waals surface area contributed by atoms with Gasteiger partial charge in [-0.1, -0.05) is 29.3 Å². The van der Waals surface area contributed by atoms with Crippen LogP contribution in [0.1, 0.15) is 55.2 Å². The lowest BCUT2D eigenvalue weighted by molar-refractivity contribution is -0.146. The van der Waals surface area contributed by atoms with Crippen molar-refractivity contribution < 1.29 is 32.2 Å². The Balaban J connectivity index is 1.34. The number of amides is 1. The summed E-state index contributed by atoms with van der Waals surface area (Å²) in [5.41, 5.74) is 2.16. The molecular formula is C33H32Cl2FNO6S. The van der Waals surface area contributed by atoms with E-state index in [4.69, 9.17) is 27.9 Å².